The quantitative estimate of drug-likeness (QED) is 0.499. The van der Waals surface area contributed by atoms with Crippen molar-refractivity contribution in [2.75, 3.05) is 6.61 Å². The molecule has 0 aliphatic carbocycles. The van der Waals surface area contributed by atoms with Crippen molar-refractivity contribution in [1.82, 2.24) is 25.5 Å². The molecular weight excluding hydrogens is 434 g/mol. The van der Waals surface area contributed by atoms with Crippen molar-refractivity contribution in [3.05, 3.63) is 66.2 Å². The summed E-state index contributed by atoms with van der Waals surface area (Å²) in [6.07, 6.45) is -0.0161. The van der Waals surface area contributed by atoms with E-state index in [4.69, 9.17) is 4.43 Å². The summed E-state index contributed by atoms with van der Waals surface area (Å²) in [6.45, 7) is 11.0. The molecule has 0 spiro atoms. The Kier molecular flexibility index (Phi) is 7.55. The Morgan fingerprint density at radius 3 is 2.24 bits per heavy atom. The van der Waals surface area contributed by atoms with Crippen molar-refractivity contribution in [2.45, 2.75) is 51.4 Å². The average molecular weight is 466 g/mol. The highest BCUT2D eigenvalue weighted by Crippen LogP contribution is 2.37. The van der Waals surface area contributed by atoms with Crippen molar-refractivity contribution in [1.29, 1.82) is 0 Å². The lowest BCUT2D eigenvalue weighted by molar-refractivity contribution is -0.121. The molecule has 0 fully saturated rings. The molecule has 0 saturated carbocycles. The lowest BCUT2D eigenvalue weighted by Crippen LogP contribution is -2.43. The second-order valence-corrected chi connectivity index (χ2v) is 14.3. The first-order chi connectivity index (χ1) is 15.6. The van der Waals surface area contributed by atoms with E-state index < -0.39 is 26.2 Å². The fourth-order valence-electron chi connectivity index (χ4n) is 2.86. The molecule has 0 bridgehead atoms. The molecule has 0 saturated heterocycles. The van der Waals surface area contributed by atoms with Gasteiger partial charge in [0.25, 0.3) is 5.91 Å². The van der Waals surface area contributed by atoms with Gasteiger partial charge in [0, 0.05) is 11.1 Å². The Hall–Kier alpha value is -3.17. The number of hydrogen-bond acceptors (Lipinski definition) is 6. The van der Waals surface area contributed by atoms with Crippen LogP contribution in [0.25, 0.3) is 11.4 Å². The van der Waals surface area contributed by atoms with Gasteiger partial charge in [-0.25, -0.2) is 0 Å². The summed E-state index contributed by atoms with van der Waals surface area (Å²) in [6, 6.07) is 17.6. The standard InChI is InChI=1S/C24H31N5O3Si/c1-24(2,3)33(4,5)32-17-20(16-21(30)25-23(31)19-14-10-7-11-15-19)29-27-22(26-28-29)18-12-8-6-9-13-18/h6-15,20H,16-17H2,1-5H3,(H,25,30,31)/t20-/m1/s1. The molecule has 2 amide bonds. The van der Waals surface area contributed by atoms with Crippen LogP contribution in [0.1, 0.15) is 43.6 Å². The largest absolute Gasteiger partial charge is 0.415 e. The zero-order valence-corrected chi connectivity index (χ0v) is 20.8. The highest BCUT2D eigenvalue weighted by atomic mass is 28.4. The topological polar surface area (TPSA) is 99.0 Å². The fraction of sp³-hybridized carbons (Fsp3) is 0.375. The number of carbonyl (C=O) groups excluding carboxylic acids is 2. The summed E-state index contributed by atoms with van der Waals surface area (Å²) in [5.74, 6) is -0.402. The van der Waals surface area contributed by atoms with Gasteiger partial charge in [-0.2, -0.15) is 4.80 Å². The van der Waals surface area contributed by atoms with Crippen molar-refractivity contribution in [3.63, 3.8) is 0 Å². The predicted molar refractivity (Wildman–Crippen MR) is 129 cm³/mol. The Morgan fingerprint density at radius 2 is 1.64 bits per heavy atom. The Bertz CT molecular complexity index is 1080. The highest BCUT2D eigenvalue weighted by Gasteiger charge is 2.38. The number of benzene rings is 2. The molecule has 9 heteroatoms. The molecule has 3 rings (SSSR count). The molecule has 1 N–H and O–H groups in total. The number of amides is 2. The highest BCUT2D eigenvalue weighted by molar-refractivity contribution is 6.74. The van der Waals surface area contributed by atoms with Crippen molar-refractivity contribution in [3.8, 4) is 11.4 Å². The number of nitrogens with zero attached hydrogens (tertiary/aromatic N) is 4. The molecule has 33 heavy (non-hydrogen) atoms. The first kappa shape index (κ1) is 24.5. The number of nitrogens with one attached hydrogen (secondary N) is 1. The molecule has 174 valence electrons. The first-order valence-electron chi connectivity index (χ1n) is 10.9. The lowest BCUT2D eigenvalue weighted by Gasteiger charge is -2.37. The van der Waals surface area contributed by atoms with Gasteiger partial charge in [-0.1, -0.05) is 69.3 Å². The van der Waals surface area contributed by atoms with Gasteiger partial charge in [0.05, 0.1) is 13.0 Å². The van der Waals surface area contributed by atoms with Crippen LogP contribution in [0.3, 0.4) is 0 Å². The Labute approximate surface area is 195 Å². The zero-order chi connectivity index (χ0) is 24.1. The fourth-order valence-corrected chi connectivity index (χ4v) is 3.91. The molecule has 0 aliphatic rings. The maximum absolute atomic E-state index is 12.7. The van der Waals surface area contributed by atoms with Crippen LogP contribution in [-0.2, 0) is 9.22 Å². The van der Waals surface area contributed by atoms with E-state index in [2.05, 4.69) is 54.6 Å². The van der Waals surface area contributed by atoms with Crippen LogP contribution >= 0.6 is 0 Å². The molecule has 0 radical (unpaired) electrons. The summed E-state index contributed by atoms with van der Waals surface area (Å²) < 4.78 is 6.36. The molecule has 3 aromatic rings. The van der Waals surface area contributed by atoms with E-state index in [1.54, 1.807) is 24.3 Å². The van der Waals surface area contributed by atoms with Gasteiger partial charge in [0.15, 0.2) is 8.32 Å². The summed E-state index contributed by atoms with van der Waals surface area (Å²) >= 11 is 0. The maximum Gasteiger partial charge on any atom is 0.257 e. The molecular formula is C24H31N5O3Si. The monoisotopic (exact) mass is 465 g/mol. The minimum atomic E-state index is -2.08. The van der Waals surface area contributed by atoms with Crippen molar-refractivity contribution < 1.29 is 14.0 Å². The van der Waals surface area contributed by atoms with E-state index in [9.17, 15) is 9.59 Å². The second-order valence-electron chi connectivity index (χ2n) is 9.47. The molecule has 1 atom stereocenters. The first-order valence-corrected chi connectivity index (χ1v) is 13.9. The van der Waals surface area contributed by atoms with Crippen molar-refractivity contribution in [2.24, 2.45) is 0 Å². The van der Waals surface area contributed by atoms with E-state index in [1.807, 2.05) is 36.4 Å². The van der Waals surface area contributed by atoms with Crippen molar-refractivity contribution >= 4 is 20.1 Å². The zero-order valence-electron chi connectivity index (χ0n) is 19.8. The van der Waals surface area contributed by atoms with E-state index in [0.717, 1.165) is 5.56 Å². The maximum atomic E-state index is 12.7. The normalized spacial score (nSPS) is 12.9. The van der Waals surface area contributed by atoms with Gasteiger partial charge in [0.2, 0.25) is 11.7 Å². The number of hydrogen-bond donors (Lipinski definition) is 1. The predicted octanol–water partition coefficient (Wildman–Crippen LogP) is 4.25. The molecule has 1 heterocycles. The van der Waals surface area contributed by atoms with E-state index in [1.165, 1.54) is 4.80 Å². The summed E-state index contributed by atoms with van der Waals surface area (Å²) in [5.41, 5.74) is 1.25. The smallest absolute Gasteiger partial charge is 0.257 e. The average Bonchev–Trinajstić information content (AvgIpc) is 3.27. The van der Waals surface area contributed by atoms with E-state index >= 15 is 0 Å². The van der Waals surface area contributed by atoms with Gasteiger partial charge in [-0.3, -0.25) is 14.9 Å². The third kappa shape index (κ3) is 6.42. The minimum absolute atomic E-state index is 0.00801. The minimum Gasteiger partial charge on any atom is -0.415 e. The number of aromatic nitrogens is 4. The number of imide groups is 1. The molecule has 0 unspecified atom stereocenters. The van der Waals surface area contributed by atoms with Gasteiger partial charge in [0.1, 0.15) is 6.04 Å². The summed E-state index contributed by atoms with van der Waals surface area (Å²) in [7, 11) is -2.08. The number of rotatable bonds is 8. The van der Waals surface area contributed by atoms with Gasteiger partial charge in [-0.05, 0) is 35.5 Å². The van der Waals surface area contributed by atoms with Crippen LogP contribution in [0.5, 0.6) is 0 Å². The molecule has 0 aliphatic heterocycles. The van der Waals surface area contributed by atoms with Crippen LogP contribution in [-0.4, -0.2) is 46.9 Å². The third-order valence-corrected chi connectivity index (χ3v) is 10.4. The van der Waals surface area contributed by atoms with Crippen LogP contribution < -0.4 is 5.32 Å². The lowest BCUT2D eigenvalue weighted by atomic mass is 10.2. The summed E-state index contributed by atoms with van der Waals surface area (Å²) in [5, 5.41) is 15.3. The molecule has 1 aromatic heterocycles. The van der Waals surface area contributed by atoms with E-state index in [-0.39, 0.29) is 18.1 Å². The SMILES string of the molecule is CC(C)(C)[Si](C)(C)OC[C@@H](CC(=O)NC(=O)c1ccccc1)n1nnc(-c2ccccc2)n1. The van der Waals surface area contributed by atoms with Crippen LogP contribution in [0.15, 0.2) is 60.7 Å². The Balaban J connectivity index is 1.77. The Morgan fingerprint density at radius 1 is 1.03 bits per heavy atom. The molecule has 8 nitrogen and oxygen atoms in total. The van der Waals surface area contributed by atoms with Crippen LogP contribution in [0, 0.1) is 0 Å². The van der Waals surface area contributed by atoms with Gasteiger partial charge in [-0.15, -0.1) is 10.2 Å². The van der Waals surface area contributed by atoms with Gasteiger partial charge < -0.3 is 4.43 Å². The van der Waals surface area contributed by atoms with Crippen LogP contribution in [0.4, 0.5) is 0 Å². The van der Waals surface area contributed by atoms with Gasteiger partial charge >= 0.3 is 0 Å². The molecule has 2 aromatic carbocycles. The van der Waals surface area contributed by atoms with Crippen LogP contribution in [0.2, 0.25) is 18.1 Å². The number of tetrazole rings is 1. The second kappa shape index (κ2) is 10.2. The number of carbonyl (C=O) groups is 2. The van der Waals surface area contributed by atoms with E-state index in [0.29, 0.717) is 11.4 Å². The third-order valence-electron chi connectivity index (χ3n) is 5.94. The summed E-state index contributed by atoms with van der Waals surface area (Å²) in [4.78, 5) is 26.6.